The van der Waals surface area contributed by atoms with Gasteiger partial charge in [-0.2, -0.15) is 0 Å². The van der Waals surface area contributed by atoms with Crippen molar-refractivity contribution < 1.29 is 4.79 Å². The molecule has 0 atom stereocenters. The molecule has 2 aromatic heterocycles. The Morgan fingerprint density at radius 1 is 1.38 bits per heavy atom. The number of benzene rings is 1. The van der Waals surface area contributed by atoms with Gasteiger partial charge in [-0.05, 0) is 44.0 Å². The van der Waals surface area contributed by atoms with Crippen molar-refractivity contribution in [1.82, 2.24) is 9.55 Å². The number of nitrogens with two attached hydrogens (primary N) is 1. The highest BCUT2D eigenvalue weighted by molar-refractivity contribution is 7.14. The molecule has 0 spiro atoms. The van der Waals surface area contributed by atoms with E-state index >= 15 is 0 Å². The highest BCUT2D eigenvalue weighted by atomic mass is 35.5. The van der Waals surface area contributed by atoms with Crippen LogP contribution in [0.15, 0.2) is 35.7 Å². The second kappa shape index (κ2) is 7.93. The summed E-state index contributed by atoms with van der Waals surface area (Å²) in [6.07, 6.45) is 0.797. The van der Waals surface area contributed by atoms with Gasteiger partial charge in [-0.25, -0.2) is 4.98 Å². The van der Waals surface area contributed by atoms with Gasteiger partial charge >= 0.3 is 0 Å². The van der Waals surface area contributed by atoms with E-state index < -0.39 is 5.91 Å². The molecular weight excluding hydrogens is 368 g/mol. The third-order valence-corrected chi connectivity index (χ3v) is 5.27. The molecule has 3 rings (SSSR count). The third kappa shape index (κ3) is 3.92. The Morgan fingerprint density at radius 3 is 2.88 bits per heavy atom. The molecule has 0 fully saturated rings. The van der Waals surface area contributed by atoms with Crippen molar-refractivity contribution in [3.63, 3.8) is 0 Å². The van der Waals surface area contributed by atoms with Gasteiger partial charge in [-0.1, -0.05) is 23.7 Å². The number of amides is 1. The Hall–Kier alpha value is -2.31. The summed E-state index contributed by atoms with van der Waals surface area (Å²) in [6.45, 7) is 5.47. The van der Waals surface area contributed by atoms with Crippen LogP contribution in [0, 0.1) is 6.92 Å². The van der Waals surface area contributed by atoms with Gasteiger partial charge in [0.2, 0.25) is 0 Å². The smallest absolute Gasteiger partial charge is 0.250 e. The number of hydrogen-bond donors (Lipinski definition) is 2. The molecule has 0 saturated carbocycles. The average Bonchev–Trinajstić information content (AvgIpc) is 3.18. The maximum absolute atomic E-state index is 11.8. The lowest BCUT2D eigenvalue weighted by molar-refractivity contribution is 0.0999. The van der Waals surface area contributed by atoms with Crippen molar-refractivity contribution >= 4 is 34.0 Å². The van der Waals surface area contributed by atoms with Gasteiger partial charge in [-0.3, -0.25) is 4.79 Å². The van der Waals surface area contributed by atoms with E-state index in [2.05, 4.69) is 14.9 Å². The van der Waals surface area contributed by atoms with Crippen LogP contribution in [-0.4, -0.2) is 22.0 Å². The maximum Gasteiger partial charge on any atom is 0.250 e. The molecule has 136 valence electrons. The molecule has 1 aromatic carbocycles. The van der Waals surface area contributed by atoms with Crippen LogP contribution in [0.5, 0.6) is 0 Å². The van der Waals surface area contributed by atoms with Crippen LogP contribution < -0.4 is 11.1 Å². The number of halogens is 1. The number of carbonyl (C=O) groups excluding carboxylic acids is 1. The molecule has 2 heterocycles. The van der Waals surface area contributed by atoms with Crippen molar-refractivity contribution in [2.45, 2.75) is 26.8 Å². The van der Waals surface area contributed by atoms with E-state index in [1.807, 2.05) is 49.6 Å². The summed E-state index contributed by atoms with van der Waals surface area (Å²) in [4.78, 5) is 16.4. The Morgan fingerprint density at radius 2 is 2.19 bits per heavy atom. The zero-order valence-electron chi connectivity index (χ0n) is 14.8. The van der Waals surface area contributed by atoms with Gasteiger partial charge in [0.05, 0.1) is 17.0 Å². The molecular formula is C19H21ClN4OS. The van der Waals surface area contributed by atoms with Crippen LogP contribution in [-0.2, 0) is 13.0 Å². The largest absolute Gasteiger partial charge is 0.366 e. The lowest BCUT2D eigenvalue weighted by Crippen LogP contribution is -2.13. The molecule has 26 heavy (non-hydrogen) atoms. The fourth-order valence-electron chi connectivity index (χ4n) is 2.95. The van der Waals surface area contributed by atoms with Crippen molar-refractivity contribution in [3.05, 3.63) is 57.6 Å². The molecule has 1 amide bonds. The predicted molar refractivity (Wildman–Crippen MR) is 108 cm³/mol. The van der Waals surface area contributed by atoms with E-state index in [4.69, 9.17) is 17.3 Å². The average molecular weight is 389 g/mol. The van der Waals surface area contributed by atoms with Crippen LogP contribution in [0.25, 0.3) is 11.4 Å². The van der Waals surface area contributed by atoms with Gasteiger partial charge in [0, 0.05) is 29.2 Å². The van der Waals surface area contributed by atoms with Crippen LogP contribution >= 0.6 is 22.9 Å². The number of thiazole rings is 1. The number of nitrogens with one attached hydrogen (secondary N) is 1. The molecule has 0 bridgehead atoms. The zero-order valence-corrected chi connectivity index (χ0v) is 16.3. The Bertz CT molecular complexity index is 932. The number of aryl methyl sites for hydroxylation is 1. The summed E-state index contributed by atoms with van der Waals surface area (Å²) < 4.78 is 2.10. The molecule has 7 heteroatoms. The van der Waals surface area contributed by atoms with Gasteiger partial charge in [-0.15, -0.1) is 11.3 Å². The lowest BCUT2D eigenvalue weighted by Gasteiger charge is -2.11. The highest BCUT2D eigenvalue weighted by Gasteiger charge is 2.18. The van der Waals surface area contributed by atoms with Crippen molar-refractivity contribution in [2.24, 2.45) is 5.73 Å². The van der Waals surface area contributed by atoms with Crippen LogP contribution in [0.2, 0.25) is 5.02 Å². The van der Waals surface area contributed by atoms with Crippen LogP contribution in [0.1, 0.15) is 28.5 Å². The third-order valence-electron chi connectivity index (χ3n) is 4.24. The Balaban J connectivity index is 1.95. The first kappa shape index (κ1) is 18.5. The normalized spacial score (nSPS) is 10.9. The van der Waals surface area contributed by atoms with Crippen molar-refractivity contribution in [3.8, 4) is 11.4 Å². The summed E-state index contributed by atoms with van der Waals surface area (Å²) in [6, 6.07) is 9.65. The number of carbonyl (C=O) groups is 1. The van der Waals surface area contributed by atoms with Crippen molar-refractivity contribution in [2.75, 3.05) is 11.9 Å². The zero-order chi connectivity index (χ0) is 18.7. The first-order chi connectivity index (χ1) is 12.5. The predicted octanol–water partition coefficient (Wildman–Crippen LogP) is 4.35. The summed E-state index contributed by atoms with van der Waals surface area (Å²) in [7, 11) is 0. The molecule has 0 aliphatic rings. The van der Waals surface area contributed by atoms with Crippen molar-refractivity contribution in [1.29, 1.82) is 0 Å². The second-order valence-electron chi connectivity index (χ2n) is 5.99. The molecule has 0 aliphatic heterocycles. The van der Waals surface area contributed by atoms with Crippen LogP contribution in [0.4, 0.5) is 5.13 Å². The molecule has 5 nitrogen and oxygen atoms in total. The molecule has 0 aliphatic carbocycles. The number of hydrogen-bond acceptors (Lipinski definition) is 4. The number of rotatable bonds is 7. The minimum absolute atomic E-state index is 0.424. The molecule has 0 radical (unpaired) electrons. The van der Waals surface area contributed by atoms with E-state index in [-0.39, 0.29) is 0 Å². The number of primary amides is 1. The second-order valence-corrected chi connectivity index (χ2v) is 7.29. The van der Waals surface area contributed by atoms with Gasteiger partial charge < -0.3 is 15.6 Å². The number of aromatic nitrogens is 2. The van der Waals surface area contributed by atoms with E-state index in [1.54, 1.807) is 11.3 Å². The summed E-state index contributed by atoms with van der Waals surface area (Å²) in [5.74, 6) is -0.424. The minimum Gasteiger partial charge on any atom is -0.366 e. The minimum atomic E-state index is -0.424. The number of nitrogens with zero attached hydrogens (tertiary/aromatic N) is 2. The quantitative estimate of drug-likeness (QED) is 0.632. The Labute approximate surface area is 161 Å². The van der Waals surface area contributed by atoms with Crippen LogP contribution in [0.3, 0.4) is 0 Å². The molecule has 0 saturated heterocycles. The van der Waals surface area contributed by atoms with E-state index in [0.29, 0.717) is 12.1 Å². The van der Waals surface area contributed by atoms with Gasteiger partial charge in [0.1, 0.15) is 0 Å². The lowest BCUT2D eigenvalue weighted by atomic mass is 10.1. The topological polar surface area (TPSA) is 72.9 Å². The standard InChI is InChI=1S/C19H21ClN4OS/c1-3-22-19-23-16(11-26-19)17-10-15(18(21)25)12(2)24(17)8-7-13-5-4-6-14(20)9-13/h4-6,9-11H,3,7-8H2,1-2H3,(H2,21,25)(H,22,23). The number of anilines is 1. The Kier molecular flexibility index (Phi) is 5.64. The van der Waals surface area contributed by atoms with Gasteiger partial charge in [0.15, 0.2) is 5.13 Å². The van der Waals surface area contributed by atoms with E-state index in [9.17, 15) is 4.79 Å². The summed E-state index contributed by atoms with van der Waals surface area (Å²) in [5, 5.41) is 6.80. The highest BCUT2D eigenvalue weighted by Crippen LogP contribution is 2.29. The maximum atomic E-state index is 11.8. The van der Waals surface area contributed by atoms with E-state index in [0.717, 1.165) is 45.8 Å². The molecule has 0 unspecified atom stereocenters. The first-order valence-electron chi connectivity index (χ1n) is 8.43. The monoisotopic (exact) mass is 388 g/mol. The summed E-state index contributed by atoms with van der Waals surface area (Å²) >= 11 is 7.63. The fourth-order valence-corrected chi connectivity index (χ4v) is 3.94. The summed E-state index contributed by atoms with van der Waals surface area (Å²) in [5.41, 5.74) is 9.83. The van der Waals surface area contributed by atoms with Gasteiger partial charge in [0.25, 0.3) is 5.91 Å². The molecule has 3 N–H and O–H groups in total. The molecule has 3 aromatic rings. The van der Waals surface area contributed by atoms with E-state index in [1.165, 1.54) is 0 Å². The fraction of sp³-hybridized carbons (Fsp3) is 0.263. The first-order valence-corrected chi connectivity index (χ1v) is 9.69. The SMILES string of the molecule is CCNc1nc(-c2cc(C(N)=O)c(C)n2CCc2cccc(Cl)c2)cs1.